The van der Waals surface area contributed by atoms with E-state index < -0.39 is 28.8 Å². The highest BCUT2D eigenvalue weighted by molar-refractivity contribution is 6.38. The van der Waals surface area contributed by atoms with Crippen LogP contribution in [0.3, 0.4) is 0 Å². The van der Waals surface area contributed by atoms with E-state index in [0.717, 1.165) is 6.07 Å². The Kier molecular flexibility index (Phi) is 3.83. The van der Waals surface area contributed by atoms with E-state index in [1.165, 1.54) is 12.1 Å². The summed E-state index contributed by atoms with van der Waals surface area (Å²) in [6.07, 6.45) is 0. The van der Waals surface area contributed by atoms with Crippen molar-refractivity contribution < 1.29 is 18.0 Å². The van der Waals surface area contributed by atoms with Crippen molar-refractivity contribution in [2.24, 2.45) is 0 Å². The Morgan fingerprint density at radius 1 is 0.895 bits per heavy atom. The molecule has 2 rings (SSSR count). The lowest BCUT2D eigenvalue weighted by atomic mass is 10.0. The van der Waals surface area contributed by atoms with Crippen LogP contribution in [-0.4, -0.2) is 5.78 Å². The maximum atomic E-state index is 13.6. The molecule has 19 heavy (non-hydrogen) atoms. The Bertz CT molecular complexity index is 651. The average molecular weight is 305 g/mol. The molecule has 0 radical (unpaired) electrons. The third-order valence-electron chi connectivity index (χ3n) is 2.44. The van der Waals surface area contributed by atoms with Gasteiger partial charge >= 0.3 is 0 Å². The average Bonchev–Trinajstić information content (AvgIpc) is 2.33. The van der Waals surface area contributed by atoms with E-state index in [2.05, 4.69) is 0 Å². The summed E-state index contributed by atoms with van der Waals surface area (Å²) < 4.78 is 39.6. The van der Waals surface area contributed by atoms with Gasteiger partial charge in [0.25, 0.3) is 0 Å². The van der Waals surface area contributed by atoms with E-state index in [4.69, 9.17) is 23.2 Å². The Labute approximate surface area is 116 Å². The fourth-order valence-electron chi connectivity index (χ4n) is 1.55. The van der Waals surface area contributed by atoms with Crippen molar-refractivity contribution in [2.75, 3.05) is 0 Å². The molecule has 0 aliphatic rings. The van der Waals surface area contributed by atoms with Crippen molar-refractivity contribution >= 4 is 29.0 Å². The van der Waals surface area contributed by atoms with Gasteiger partial charge in [0.1, 0.15) is 5.82 Å². The minimum absolute atomic E-state index is 0.134. The molecule has 0 heterocycles. The van der Waals surface area contributed by atoms with E-state index >= 15 is 0 Å². The van der Waals surface area contributed by atoms with Gasteiger partial charge < -0.3 is 0 Å². The van der Waals surface area contributed by atoms with Crippen molar-refractivity contribution in [3.05, 3.63) is 69.0 Å². The van der Waals surface area contributed by atoms with E-state index in [1.807, 2.05) is 0 Å². The maximum absolute atomic E-state index is 13.6. The molecule has 0 atom stereocenters. The van der Waals surface area contributed by atoms with Crippen LogP contribution in [0.15, 0.2) is 30.3 Å². The molecular weight excluding hydrogens is 300 g/mol. The van der Waals surface area contributed by atoms with Crippen LogP contribution >= 0.6 is 23.2 Å². The number of halogens is 5. The number of rotatable bonds is 2. The van der Waals surface area contributed by atoms with E-state index in [-0.39, 0.29) is 15.6 Å². The summed E-state index contributed by atoms with van der Waals surface area (Å²) in [6, 6.07) is 4.93. The van der Waals surface area contributed by atoms with Gasteiger partial charge in [-0.2, -0.15) is 0 Å². The fourth-order valence-corrected chi connectivity index (χ4v) is 2.03. The van der Waals surface area contributed by atoms with Crippen LogP contribution in [0.2, 0.25) is 10.0 Å². The Morgan fingerprint density at radius 2 is 1.53 bits per heavy atom. The van der Waals surface area contributed by atoms with E-state index in [0.29, 0.717) is 12.1 Å². The molecule has 0 unspecified atom stereocenters. The maximum Gasteiger partial charge on any atom is 0.199 e. The van der Waals surface area contributed by atoms with Crippen LogP contribution in [0.25, 0.3) is 0 Å². The molecule has 0 bridgehead atoms. The molecule has 0 aliphatic heterocycles. The monoisotopic (exact) mass is 304 g/mol. The summed E-state index contributed by atoms with van der Waals surface area (Å²) in [5, 5.41) is -0.450. The first-order valence-corrected chi connectivity index (χ1v) is 5.80. The molecule has 0 saturated heterocycles. The standard InChI is InChI=1S/C13H5Cl2F3O/c14-7-2-1-3-9(16)12(7)13(19)6-4-10(17)11(18)5-8(6)15/h1-5H. The van der Waals surface area contributed by atoms with E-state index in [1.54, 1.807) is 0 Å². The molecule has 2 aromatic carbocycles. The third-order valence-corrected chi connectivity index (χ3v) is 3.07. The lowest BCUT2D eigenvalue weighted by Gasteiger charge is -2.07. The smallest absolute Gasteiger partial charge is 0.199 e. The molecule has 2 aromatic rings. The molecule has 0 N–H and O–H groups in total. The summed E-state index contributed by atoms with van der Waals surface area (Å²) in [5.41, 5.74) is -0.787. The van der Waals surface area contributed by atoms with Crippen molar-refractivity contribution in [3.8, 4) is 0 Å². The van der Waals surface area contributed by atoms with Gasteiger partial charge in [0.05, 0.1) is 15.6 Å². The summed E-state index contributed by atoms with van der Waals surface area (Å²) in [7, 11) is 0. The first-order valence-electron chi connectivity index (χ1n) is 5.05. The number of hydrogen-bond acceptors (Lipinski definition) is 1. The second-order valence-corrected chi connectivity index (χ2v) is 4.49. The highest BCUT2D eigenvalue weighted by atomic mass is 35.5. The van der Waals surface area contributed by atoms with Crippen LogP contribution in [0.1, 0.15) is 15.9 Å². The predicted octanol–water partition coefficient (Wildman–Crippen LogP) is 4.64. The Morgan fingerprint density at radius 3 is 2.16 bits per heavy atom. The summed E-state index contributed by atoms with van der Waals surface area (Å²) in [4.78, 5) is 12.1. The van der Waals surface area contributed by atoms with Crippen molar-refractivity contribution in [1.82, 2.24) is 0 Å². The zero-order valence-electron chi connectivity index (χ0n) is 9.18. The van der Waals surface area contributed by atoms with Crippen molar-refractivity contribution in [2.45, 2.75) is 0 Å². The molecule has 6 heteroatoms. The molecular formula is C13H5Cl2F3O. The lowest BCUT2D eigenvalue weighted by Crippen LogP contribution is -2.07. The molecule has 0 aliphatic carbocycles. The van der Waals surface area contributed by atoms with Crippen LogP contribution in [0, 0.1) is 17.5 Å². The minimum Gasteiger partial charge on any atom is -0.288 e. The zero-order chi connectivity index (χ0) is 14.2. The Hall–Kier alpha value is -1.52. The number of carbonyl (C=O) groups is 1. The summed E-state index contributed by atoms with van der Waals surface area (Å²) >= 11 is 11.4. The van der Waals surface area contributed by atoms with Crippen LogP contribution < -0.4 is 0 Å². The molecule has 1 nitrogen and oxygen atoms in total. The molecule has 0 amide bonds. The van der Waals surface area contributed by atoms with Crippen LogP contribution in [0.5, 0.6) is 0 Å². The first-order chi connectivity index (χ1) is 8.91. The second-order valence-electron chi connectivity index (χ2n) is 3.67. The Balaban J connectivity index is 2.60. The van der Waals surface area contributed by atoms with Gasteiger partial charge in [-0.1, -0.05) is 29.3 Å². The second kappa shape index (κ2) is 5.23. The molecule has 0 aromatic heterocycles. The topological polar surface area (TPSA) is 17.1 Å². The third kappa shape index (κ3) is 2.60. The van der Waals surface area contributed by atoms with E-state index in [9.17, 15) is 18.0 Å². The van der Waals surface area contributed by atoms with Crippen LogP contribution in [0.4, 0.5) is 13.2 Å². The lowest BCUT2D eigenvalue weighted by molar-refractivity contribution is 0.103. The highest BCUT2D eigenvalue weighted by Gasteiger charge is 2.21. The van der Waals surface area contributed by atoms with Gasteiger partial charge in [-0.15, -0.1) is 0 Å². The molecule has 98 valence electrons. The van der Waals surface area contributed by atoms with Gasteiger partial charge in [0.2, 0.25) is 0 Å². The quantitative estimate of drug-likeness (QED) is 0.583. The summed E-state index contributed by atoms with van der Waals surface area (Å²) in [5.74, 6) is -4.22. The molecule has 0 fully saturated rings. The largest absolute Gasteiger partial charge is 0.288 e. The van der Waals surface area contributed by atoms with Gasteiger partial charge in [0.15, 0.2) is 17.4 Å². The predicted molar refractivity (Wildman–Crippen MR) is 66.2 cm³/mol. The fraction of sp³-hybridized carbons (Fsp3) is 0. The van der Waals surface area contributed by atoms with Gasteiger partial charge in [-0.25, -0.2) is 13.2 Å². The first kappa shape index (κ1) is 13.9. The highest BCUT2D eigenvalue weighted by Crippen LogP contribution is 2.27. The van der Waals surface area contributed by atoms with Crippen LogP contribution in [-0.2, 0) is 0 Å². The number of hydrogen-bond donors (Lipinski definition) is 0. The zero-order valence-corrected chi connectivity index (χ0v) is 10.7. The van der Waals surface area contributed by atoms with Crippen molar-refractivity contribution in [3.63, 3.8) is 0 Å². The molecule has 0 spiro atoms. The number of carbonyl (C=O) groups excluding carboxylic acids is 1. The van der Waals surface area contributed by atoms with Gasteiger partial charge in [-0.3, -0.25) is 4.79 Å². The SMILES string of the molecule is O=C(c1cc(F)c(F)cc1Cl)c1c(F)cccc1Cl. The minimum atomic E-state index is -1.25. The number of benzene rings is 2. The normalized spacial score (nSPS) is 10.6. The number of ketones is 1. The van der Waals surface area contributed by atoms with Gasteiger partial charge in [-0.05, 0) is 24.3 Å². The molecule has 0 saturated carbocycles. The van der Waals surface area contributed by atoms with Gasteiger partial charge in [0, 0.05) is 5.56 Å². The van der Waals surface area contributed by atoms with Crippen molar-refractivity contribution in [1.29, 1.82) is 0 Å². The summed E-state index contributed by atoms with van der Waals surface area (Å²) in [6.45, 7) is 0.